The summed E-state index contributed by atoms with van der Waals surface area (Å²) in [4.78, 5) is 70.5. The maximum absolute atomic E-state index is 14.2. The number of alkyl carbamates (subject to hydrolysis) is 1. The fraction of sp³-hybridized carbons (Fsp3) is 0.629. The third-order valence-electron chi connectivity index (χ3n) is 9.23. The van der Waals surface area contributed by atoms with Gasteiger partial charge in [-0.15, -0.1) is 0 Å². The molecule has 0 radical (unpaired) electrons. The number of nitrogens with one attached hydrogen (secondary N) is 2. The Kier molecular flexibility index (Phi) is 10.5. The summed E-state index contributed by atoms with van der Waals surface area (Å²) in [7, 11) is 0. The van der Waals surface area contributed by atoms with Crippen LogP contribution in [-0.4, -0.2) is 88.8 Å². The molecule has 3 aliphatic heterocycles. The first-order chi connectivity index (χ1) is 22.4. The van der Waals surface area contributed by atoms with Gasteiger partial charge in [0.15, 0.2) is 0 Å². The van der Waals surface area contributed by atoms with E-state index in [4.69, 9.17) is 14.2 Å². The number of ether oxygens (including phenoxy) is 3. The van der Waals surface area contributed by atoms with Gasteiger partial charge in [0.2, 0.25) is 11.8 Å². The van der Waals surface area contributed by atoms with Crippen molar-refractivity contribution >= 4 is 30.0 Å². The second-order valence-corrected chi connectivity index (χ2v) is 13.9. The van der Waals surface area contributed by atoms with Gasteiger partial charge in [-0.3, -0.25) is 9.59 Å². The van der Waals surface area contributed by atoms with Crippen molar-refractivity contribution in [3.05, 3.63) is 47.5 Å². The standard InChI is InChI=1S/C35H48N4O8/c1-5-45-31(42)35-20-25(35)15-9-7-6-8-10-16-27(36-32(43)47-34(2,3)4)30(41)39-22-26(19-28(39)29(40)37-35)46-33(44)38-18-17-23-13-11-12-14-24(23)21-38/h9,11-15,25-28H,5-8,10,16-22H2,1-4H3,(H,36,43)(H,37,40)/b15-9+/t25-,26-,27+,28+,35-/m1/s1. The molecule has 12 nitrogen and oxygen atoms in total. The molecular weight excluding hydrogens is 604 g/mol. The Balaban J connectivity index is 1.38. The van der Waals surface area contributed by atoms with E-state index in [1.807, 2.05) is 30.4 Å². The molecular formula is C35H48N4O8. The molecule has 1 aromatic rings. The van der Waals surface area contributed by atoms with Crippen LogP contribution in [0, 0.1) is 5.92 Å². The maximum atomic E-state index is 14.2. The first-order valence-corrected chi connectivity index (χ1v) is 16.9. The summed E-state index contributed by atoms with van der Waals surface area (Å²) in [6.45, 7) is 7.97. The Hall–Kier alpha value is -4.09. The van der Waals surface area contributed by atoms with Crippen molar-refractivity contribution in [2.45, 2.75) is 115 Å². The molecule has 4 amide bonds. The van der Waals surface area contributed by atoms with Crippen molar-refractivity contribution in [3.8, 4) is 0 Å². The Morgan fingerprint density at radius 3 is 2.60 bits per heavy atom. The second kappa shape index (κ2) is 14.4. The molecule has 4 aliphatic rings. The minimum atomic E-state index is -1.22. The average molecular weight is 653 g/mol. The number of hydrogen-bond acceptors (Lipinski definition) is 8. The van der Waals surface area contributed by atoms with Gasteiger partial charge >= 0.3 is 18.2 Å². The highest BCUT2D eigenvalue weighted by molar-refractivity contribution is 5.96. The number of benzene rings is 1. The molecule has 0 spiro atoms. The molecule has 2 fully saturated rings. The summed E-state index contributed by atoms with van der Waals surface area (Å²) in [6.07, 6.45) is 6.59. The predicted octanol–water partition coefficient (Wildman–Crippen LogP) is 4.00. The zero-order chi connectivity index (χ0) is 33.8. The van der Waals surface area contributed by atoms with Crippen LogP contribution in [0.25, 0.3) is 0 Å². The maximum Gasteiger partial charge on any atom is 0.410 e. The van der Waals surface area contributed by atoms with Crippen molar-refractivity contribution < 1.29 is 38.2 Å². The monoisotopic (exact) mass is 652 g/mol. The molecule has 5 rings (SSSR count). The van der Waals surface area contributed by atoms with Crippen LogP contribution in [0.4, 0.5) is 9.59 Å². The van der Waals surface area contributed by atoms with E-state index < -0.39 is 59.3 Å². The number of allylic oxidation sites excluding steroid dienone is 1. The minimum absolute atomic E-state index is 0.0324. The molecule has 1 aromatic carbocycles. The number of rotatable bonds is 4. The van der Waals surface area contributed by atoms with E-state index in [2.05, 4.69) is 16.7 Å². The molecule has 0 bridgehead atoms. The quantitative estimate of drug-likeness (QED) is 0.282. The lowest BCUT2D eigenvalue weighted by Crippen LogP contribution is -2.56. The molecule has 1 saturated heterocycles. The third-order valence-corrected chi connectivity index (χ3v) is 9.23. The third kappa shape index (κ3) is 8.26. The highest BCUT2D eigenvalue weighted by Crippen LogP contribution is 2.46. The fourth-order valence-electron chi connectivity index (χ4n) is 6.71. The zero-order valence-corrected chi connectivity index (χ0v) is 27.9. The fourth-order valence-corrected chi connectivity index (χ4v) is 6.71. The van der Waals surface area contributed by atoms with Crippen LogP contribution in [-0.2, 0) is 41.6 Å². The van der Waals surface area contributed by atoms with Gasteiger partial charge in [0.05, 0.1) is 13.2 Å². The first kappa shape index (κ1) is 34.3. The van der Waals surface area contributed by atoms with Crippen LogP contribution < -0.4 is 10.6 Å². The smallest absolute Gasteiger partial charge is 0.410 e. The van der Waals surface area contributed by atoms with Crippen molar-refractivity contribution in [2.24, 2.45) is 5.92 Å². The Morgan fingerprint density at radius 2 is 1.85 bits per heavy atom. The van der Waals surface area contributed by atoms with E-state index >= 15 is 0 Å². The van der Waals surface area contributed by atoms with Gasteiger partial charge in [-0.1, -0.05) is 49.3 Å². The van der Waals surface area contributed by atoms with Gasteiger partial charge in [0.25, 0.3) is 0 Å². The highest BCUT2D eigenvalue weighted by Gasteiger charge is 2.62. The number of esters is 1. The summed E-state index contributed by atoms with van der Waals surface area (Å²) >= 11 is 0. The lowest BCUT2D eigenvalue weighted by Gasteiger charge is -2.30. The Morgan fingerprint density at radius 1 is 1.09 bits per heavy atom. The Bertz CT molecular complexity index is 1390. The second-order valence-electron chi connectivity index (χ2n) is 13.9. The molecule has 3 heterocycles. The molecule has 47 heavy (non-hydrogen) atoms. The molecule has 0 unspecified atom stereocenters. The van der Waals surface area contributed by atoms with Crippen LogP contribution >= 0.6 is 0 Å². The normalized spacial score (nSPS) is 28.7. The zero-order valence-electron chi connectivity index (χ0n) is 27.9. The lowest BCUT2D eigenvalue weighted by molar-refractivity contribution is -0.150. The molecule has 12 heteroatoms. The van der Waals surface area contributed by atoms with Gasteiger partial charge in [0.1, 0.15) is 29.3 Å². The van der Waals surface area contributed by atoms with Gasteiger partial charge in [-0.25, -0.2) is 14.4 Å². The van der Waals surface area contributed by atoms with Gasteiger partial charge < -0.3 is 34.6 Å². The summed E-state index contributed by atoms with van der Waals surface area (Å²) in [5.74, 6) is -1.73. The van der Waals surface area contributed by atoms with Crippen LogP contribution in [0.3, 0.4) is 0 Å². The van der Waals surface area contributed by atoms with E-state index in [0.717, 1.165) is 24.8 Å². The number of carbonyl (C=O) groups excluding carboxylic acids is 5. The average Bonchev–Trinajstić information content (AvgIpc) is 3.55. The first-order valence-electron chi connectivity index (χ1n) is 16.9. The number of hydrogen-bond donors (Lipinski definition) is 2. The topological polar surface area (TPSA) is 144 Å². The summed E-state index contributed by atoms with van der Waals surface area (Å²) in [5.41, 5.74) is 0.254. The Labute approximate surface area is 276 Å². The van der Waals surface area contributed by atoms with Crippen LogP contribution in [0.5, 0.6) is 0 Å². The summed E-state index contributed by atoms with van der Waals surface area (Å²) in [5, 5.41) is 5.66. The van der Waals surface area contributed by atoms with E-state index in [-0.39, 0.29) is 25.5 Å². The van der Waals surface area contributed by atoms with Crippen molar-refractivity contribution in [2.75, 3.05) is 19.7 Å². The van der Waals surface area contributed by atoms with Crippen LogP contribution in [0.15, 0.2) is 36.4 Å². The predicted molar refractivity (Wildman–Crippen MR) is 172 cm³/mol. The number of amides is 4. The molecule has 0 aromatic heterocycles. The largest absolute Gasteiger partial charge is 0.464 e. The van der Waals surface area contributed by atoms with Gasteiger partial charge in [-0.05, 0) is 70.9 Å². The number of fused-ring (bicyclic) bond motifs is 3. The van der Waals surface area contributed by atoms with Crippen LogP contribution in [0.1, 0.15) is 83.8 Å². The van der Waals surface area contributed by atoms with Crippen LogP contribution in [0.2, 0.25) is 0 Å². The lowest BCUT2D eigenvalue weighted by atomic mass is 10.0. The number of nitrogens with zero attached hydrogens (tertiary/aromatic N) is 2. The molecule has 1 saturated carbocycles. The van der Waals surface area contributed by atoms with Crippen molar-refractivity contribution in [1.82, 2.24) is 20.4 Å². The summed E-state index contributed by atoms with van der Waals surface area (Å²) in [6, 6.07) is 5.96. The van der Waals surface area contributed by atoms with Crippen molar-refractivity contribution in [1.29, 1.82) is 0 Å². The molecule has 5 atom stereocenters. The van der Waals surface area contributed by atoms with Gasteiger partial charge in [-0.2, -0.15) is 0 Å². The number of carbonyl (C=O) groups is 5. The van der Waals surface area contributed by atoms with E-state index in [1.54, 1.807) is 32.6 Å². The van der Waals surface area contributed by atoms with E-state index in [9.17, 15) is 24.0 Å². The molecule has 2 N–H and O–H groups in total. The van der Waals surface area contributed by atoms with E-state index in [0.29, 0.717) is 38.8 Å². The summed E-state index contributed by atoms with van der Waals surface area (Å²) < 4.78 is 16.8. The highest BCUT2D eigenvalue weighted by atomic mass is 16.6. The minimum Gasteiger partial charge on any atom is -0.464 e. The van der Waals surface area contributed by atoms with Crippen molar-refractivity contribution in [3.63, 3.8) is 0 Å². The molecule has 256 valence electrons. The SMILES string of the molecule is CCOC(=O)[C@@]12C[C@H]1/C=C/CCCCC[C@H](NC(=O)OC(C)(C)C)C(=O)N1C[C@H](OC(=O)N3CCc4ccccc4C3)C[C@H]1C(=O)N2. The van der Waals surface area contributed by atoms with E-state index in [1.165, 1.54) is 10.5 Å². The molecule has 1 aliphatic carbocycles. The van der Waals surface area contributed by atoms with Gasteiger partial charge in [0, 0.05) is 25.4 Å².